The second-order valence-electron chi connectivity index (χ2n) is 4.73. The van der Waals surface area contributed by atoms with Crippen LogP contribution < -0.4 is 5.32 Å². The van der Waals surface area contributed by atoms with Crippen molar-refractivity contribution in [3.05, 3.63) is 34.1 Å². The van der Waals surface area contributed by atoms with Gasteiger partial charge in [-0.3, -0.25) is 4.79 Å². The van der Waals surface area contributed by atoms with Crippen LogP contribution in [0.3, 0.4) is 0 Å². The van der Waals surface area contributed by atoms with Gasteiger partial charge in [0.05, 0.1) is 5.56 Å². The summed E-state index contributed by atoms with van der Waals surface area (Å²) >= 11 is 3.26. The van der Waals surface area contributed by atoms with Crippen molar-refractivity contribution in [2.75, 3.05) is 6.54 Å². The third-order valence-corrected chi connectivity index (χ3v) is 3.85. The van der Waals surface area contributed by atoms with E-state index in [1.54, 1.807) is 12.1 Å². The highest BCUT2D eigenvalue weighted by Gasteiger charge is 2.17. The minimum Gasteiger partial charge on any atom is -0.314 e. The molecule has 1 aliphatic rings. The fourth-order valence-corrected chi connectivity index (χ4v) is 2.68. The average Bonchev–Trinajstić information content (AvgIpc) is 2.40. The Bertz CT molecular complexity index is 430. The van der Waals surface area contributed by atoms with E-state index in [-0.39, 0.29) is 11.3 Å². The molecule has 1 aliphatic heterocycles. The van der Waals surface area contributed by atoms with Crippen LogP contribution in [-0.2, 0) is 0 Å². The van der Waals surface area contributed by atoms with Crippen LogP contribution in [0, 0.1) is 5.82 Å². The van der Waals surface area contributed by atoms with Crippen LogP contribution >= 0.6 is 15.9 Å². The maximum atomic E-state index is 13.5. The van der Waals surface area contributed by atoms with E-state index in [0.29, 0.717) is 12.5 Å². The van der Waals surface area contributed by atoms with Crippen molar-refractivity contribution in [1.82, 2.24) is 5.32 Å². The summed E-state index contributed by atoms with van der Waals surface area (Å²) in [5.41, 5.74) is 0.195. The van der Waals surface area contributed by atoms with E-state index in [1.807, 2.05) is 0 Å². The fourth-order valence-electron chi connectivity index (χ4n) is 2.32. The molecule has 1 atom stereocenters. The van der Waals surface area contributed by atoms with E-state index in [1.165, 1.54) is 18.9 Å². The molecular weight excluding hydrogens is 297 g/mol. The zero-order chi connectivity index (χ0) is 13.0. The second-order valence-corrected chi connectivity index (χ2v) is 5.65. The molecule has 0 radical (unpaired) electrons. The molecule has 18 heavy (non-hydrogen) atoms. The molecule has 0 spiro atoms. The minimum absolute atomic E-state index is 0.110. The molecule has 1 N–H and O–H groups in total. The Morgan fingerprint density at radius 2 is 2.28 bits per heavy atom. The van der Waals surface area contributed by atoms with Gasteiger partial charge in [-0.05, 0) is 44.0 Å². The van der Waals surface area contributed by atoms with Crippen molar-refractivity contribution in [3.8, 4) is 0 Å². The molecule has 0 aliphatic carbocycles. The number of benzene rings is 1. The van der Waals surface area contributed by atoms with Gasteiger partial charge in [0, 0.05) is 16.9 Å². The molecule has 0 bridgehead atoms. The molecule has 1 aromatic carbocycles. The number of nitrogens with one attached hydrogen (secondary N) is 1. The van der Waals surface area contributed by atoms with Crippen LogP contribution in [0.25, 0.3) is 0 Å². The molecule has 2 rings (SSSR count). The molecule has 0 saturated carbocycles. The largest absolute Gasteiger partial charge is 0.314 e. The number of carbonyl (C=O) groups excluding carboxylic acids is 1. The van der Waals surface area contributed by atoms with Gasteiger partial charge in [-0.15, -0.1) is 0 Å². The summed E-state index contributed by atoms with van der Waals surface area (Å²) in [5.74, 6) is -0.541. The maximum absolute atomic E-state index is 13.5. The monoisotopic (exact) mass is 313 g/mol. The highest BCUT2D eigenvalue weighted by molar-refractivity contribution is 9.10. The maximum Gasteiger partial charge on any atom is 0.165 e. The number of Topliss-reactive ketones (excluding diaryl/α,β-unsaturated/α-hetero) is 1. The Hall–Kier alpha value is -0.740. The third kappa shape index (κ3) is 3.62. The molecule has 1 aromatic rings. The molecule has 1 fully saturated rings. The highest BCUT2D eigenvalue weighted by atomic mass is 79.9. The van der Waals surface area contributed by atoms with Crippen LogP contribution in [0.15, 0.2) is 22.7 Å². The summed E-state index contributed by atoms with van der Waals surface area (Å²) in [7, 11) is 0. The van der Waals surface area contributed by atoms with Crippen LogP contribution in [0.4, 0.5) is 4.39 Å². The lowest BCUT2D eigenvalue weighted by molar-refractivity contribution is 0.0970. The van der Waals surface area contributed by atoms with Crippen LogP contribution in [-0.4, -0.2) is 18.4 Å². The lowest BCUT2D eigenvalue weighted by Gasteiger charge is -2.23. The van der Waals surface area contributed by atoms with Gasteiger partial charge in [-0.25, -0.2) is 4.39 Å². The van der Waals surface area contributed by atoms with Crippen molar-refractivity contribution in [1.29, 1.82) is 0 Å². The van der Waals surface area contributed by atoms with Crippen LogP contribution in [0.2, 0.25) is 0 Å². The number of rotatable bonds is 4. The van der Waals surface area contributed by atoms with Gasteiger partial charge in [0.1, 0.15) is 5.82 Å². The Balaban J connectivity index is 1.92. The molecule has 98 valence electrons. The van der Waals surface area contributed by atoms with Gasteiger partial charge in [0.15, 0.2) is 5.78 Å². The molecule has 0 amide bonds. The Morgan fingerprint density at radius 3 is 3.00 bits per heavy atom. The number of carbonyl (C=O) groups is 1. The van der Waals surface area contributed by atoms with Gasteiger partial charge >= 0.3 is 0 Å². The van der Waals surface area contributed by atoms with E-state index in [9.17, 15) is 9.18 Å². The first-order chi connectivity index (χ1) is 8.66. The predicted molar refractivity (Wildman–Crippen MR) is 73.3 cm³/mol. The first-order valence-electron chi connectivity index (χ1n) is 6.38. The van der Waals surface area contributed by atoms with Crippen molar-refractivity contribution in [3.63, 3.8) is 0 Å². The first-order valence-corrected chi connectivity index (χ1v) is 7.18. The third-order valence-electron chi connectivity index (χ3n) is 3.36. The highest BCUT2D eigenvalue weighted by Crippen LogP contribution is 2.19. The first kappa shape index (κ1) is 13.7. The van der Waals surface area contributed by atoms with Gasteiger partial charge in [-0.1, -0.05) is 22.4 Å². The zero-order valence-corrected chi connectivity index (χ0v) is 11.8. The standard InChI is InChI=1S/C14H17BrFNO/c15-10-4-6-13(16)12(9-10)14(18)7-5-11-3-1-2-8-17-11/h4,6,9,11,17H,1-3,5,7-8H2. The molecule has 2 nitrogen and oxygen atoms in total. The molecule has 0 aromatic heterocycles. The molecule has 1 saturated heterocycles. The summed E-state index contributed by atoms with van der Waals surface area (Å²) in [6.07, 6.45) is 4.76. The summed E-state index contributed by atoms with van der Waals surface area (Å²) in [6.45, 7) is 1.03. The van der Waals surface area contributed by atoms with Gasteiger partial charge < -0.3 is 5.32 Å². The SMILES string of the molecule is O=C(CCC1CCCCN1)c1cc(Br)ccc1F. The van der Waals surface area contributed by atoms with E-state index in [0.717, 1.165) is 23.9 Å². The lowest BCUT2D eigenvalue weighted by Crippen LogP contribution is -2.34. The Kier molecular flexibility index (Phi) is 4.89. The van der Waals surface area contributed by atoms with Crippen LogP contribution in [0.5, 0.6) is 0 Å². The lowest BCUT2D eigenvalue weighted by atomic mass is 9.97. The topological polar surface area (TPSA) is 29.1 Å². The molecule has 1 heterocycles. The molecule has 1 unspecified atom stereocenters. The van der Waals surface area contributed by atoms with E-state index >= 15 is 0 Å². The number of piperidine rings is 1. The Labute approximate surface area is 115 Å². The predicted octanol–water partition coefficient (Wildman–Crippen LogP) is 3.69. The summed E-state index contributed by atoms with van der Waals surface area (Å²) in [6, 6.07) is 4.91. The van der Waals surface area contributed by atoms with Crippen molar-refractivity contribution >= 4 is 21.7 Å². The fraction of sp³-hybridized carbons (Fsp3) is 0.500. The number of hydrogen-bond donors (Lipinski definition) is 1. The normalized spacial score (nSPS) is 19.8. The quantitative estimate of drug-likeness (QED) is 0.859. The van der Waals surface area contributed by atoms with Gasteiger partial charge in [0.25, 0.3) is 0 Å². The van der Waals surface area contributed by atoms with Crippen molar-refractivity contribution < 1.29 is 9.18 Å². The van der Waals surface area contributed by atoms with E-state index in [4.69, 9.17) is 0 Å². The van der Waals surface area contributed by atoms with Crippen LogP contribution in [0.1, 0.15) is 42.5 Å². The molecular formula is C14H17BrFNO. The number of hydrogen-bond acceptors (Lipinski definition) is 2. The van der Waals surface area contributed by atoms with E-state index < -0.39 is 5.82 Å². The average molecular weight is 314 g/mol. The summed E-state index contributed by atoms with van der Waals surface area (Å²) < 4.78 is 14.3. The summed E-state index contributed by atoms with van der Waals surface area (Å²) in [5, 5.41) is 3.40. The summed E-state index contributed by atoms with van der Waals surface area (Å²) in [4.78, 5) is 12.0. The Morgan fingerprint density at radius 1 is 1.44 bits per heavy atom. The van der Waals surface area contributed by atoms with Crippen molar-refractivity contribution in [2.45, 2.75) is 38.1 Å². The van der Waals surface area contributed by atoms with Crippen molar-refractivity contribution in [2.24, 2.45) is 0 Å². The molecule has 4 heteroatoms. The smallest absolute Gasteiger partial charge is 0.165 e. The zero-order valence-electron chi connectivity index (χ0n) is 10.2. The number of ketones is 1. The second kappa shape index (κ2) is 6.43. The number of halogens is 2. The minimum atomic E-state index is -0.431. The van der Waals surface area contributed by atoms with E-state index in [2.05, 4.69) is 21.2 Å². The van der Waals surface area contributed by atoms with Gasteiger partial charge in [-0.2, -0.15) is 0 Å². The van der Waals surface area contributed by atoms with Gasteiger partial charge in [0.2, 0.25) is 0 Å².